The van der Waals surface area contributed by atoms with Gasteiger partial charge in [-0.1, -0.05) is 0 Å². The molecule has 0 unspecified atom stereocenters. The van der Waals surface area contributed by atoms with Gasteiger partial charge in [-0.25, -0.2) is 0 Å². The van der Waals surface area contributed by atoms with E-state index in [0.29, 0.717) is 5.71 Å². The largest absolute Gasteiger partial charge is 0.361 e. The number of aromatic nitrogens is 1. The van der Waals surface area contributed by atoms with Gasteiger partial charge in [0.25, 0.3) is 0 Å². The monoisotopic (exact) mass is 213 g/mol. The first-order valence-corrected chi connectivity index (χ1v) is 5.24. The highest BCUT2D eigenvalue weighted by atomic mass is 16.1. The number of anilines is 1. The minimum atomic E-state index is 0.620. The highest BCUT2D eigenvalue weighted by Crippen LogP contribution is 2.23. The van der Waals surface area contributed by atoms with Gasteiger partial charge in [0, 0.05) is 30.1 Å². The summed E-state index contributed by atoms with van der Waals surface area (Å²) in [5.74, 6) is 0. The molecule has 2 aromatic rings. The van der Waals surface area contributed by atoms with E-state index in [2.05, 4.69) is 16.2 Å². The molecule has 3 rings (SSSR count). The van der Waals surface area contributed by atoms with Crippen LogP contribution in [-0.4, -0.2) is 23.5 Å². The van der Waals surface area contributed by atoms with Crippen LogP contribution in [0.2, 0.25) is 0 Å². The van der Waals surface area contributed by atoms with Crippen LogP contribution in [0, 0.1) is 0 Å². The molecule has 2 heterocycles. The standard InChI is InChI=1S/C12H11N3O/c16-8-10-4-6-15(14-10)11-1-2-12-9(7-11)3-5-13-12/h1-3,5,7-8,13H,4,6H2. The number of hydrazone groups is 1. The minimum absolute atomic E-state index is 0.620. The van der Waals surface area contributed by atoms with Gasteiger partial charge in [0.15, 0.2) is 6.29 Å². The molecule has 1 aliphatic heterocycles. The fraction of sp³-hybridized carbons (Fsp3) is 0.167. The minimum Gasteiger partial charge on any atom is -0.361 e. The van der Waals surface area contributed by atoms with Crippen molar-refractivity contribution >= 4 is 28.6 Å². The molecule has 0 spiro atoms. The Morgan fingerprint density at radius 3 is 3.12 bits per heavy atom. The van der Waals surface area contributed by atoms with Crippen molar-refractivity contribution < 1.29 is 4.79 Å². The highest BCUT2D eigenvalue weighted by Gasteiger charge is 2.15. The molecule has 1 aromatic carbocycles. The van der Waals surface area contributed by atoms with Crippen molar-refractivity contribution in [2.45, 2.75) is 6.42 Å². The maximum absolute atomic E-state index is 10.6. The molecule has 1 N–H and O–H groups in total. The smallest absolute Gasteiger partial charge is 0.166 e. The first-order valence-electron chi connectivity index (χ1n) is 5.24. The van der Waals surface area contributed by atoms with Gasteiger partial charge in [-0.3, -0.25) is 9.80 Å². The Bertz CT molecular complexity index is 570. The maximum Gasteiger partial charge on any atom is 0.166 e. The molecule has 0 bridgehead atoms. The van der Waals surface area contributed by atoms with E-state index in [1.54, 1.807) is 0 Å². The van der Waals surface area contributed by atoms with Gasteiger partial charge in [0.1, 0.15) is 5.71 Å². The van der Waals surface area contributed by atoms with E-state index >= 15 is 0 Å². The Balaban J connectivity index is 2.00. The van der Waals surface area contributed by atoms with E-state index in [1.807, 2.05) is 29.4 Å². The van der Waals surface area contributed by atoms with E-state index in [0.717, 1.165) is 35.8 Å². The van der Waals surface area contributed by atoms with Crippen LogP contribution in [0.25, 0.3) is 10.9 Å². The topological polar surface area (TPSA) is 48.5 Å². The SMILES string of the molecule is O=CC1=NN(c2ccc3[nH]ccc3c2)CC1. The predicted octanol–water partition coefficient (Wildman–Crippen LogP) is 1.93. The molecule has 4 nitrogen and oxygen atoms in total. The molecule has 16 heavy (non-hydrogen) atoms. The Morgan fingerprint density at radius 2 is 2.31 bits per heavy atom. The fourth-order valence-corrected chi connectivity index (χ4v) is 1.95. The molecule has 0 saturated carbocycles. The fourth-order valence-electron chi connectivity index (χ4n) is 1.95. The lowest BCUT2D eigenvalue weighted by Crippen LogP contribution is -2.11. The van der Waals surface area contributed by atoms with Gasteiger partial charge in [0.05, 0.1) is 5.69 Å². The van der Waals surface area contributed by atoms with Crippen LogP contribution in [0.4, 0.5) is 5.69 Å². The molecule has 0 amide bonds. The number of nitrogens with one attached hydrogen (secondary N) is 1. The van der Waals surface area contributed by atoms with Gasteiger partial charge < -0.3 is 4.98 Å². The third-order valence-corrected chi connectivity index (χ3v) is 2.80. The number of carbonyl (C=O) groups excluding carboxylic acids is 1. The van der Waals surface area contributed by atoms with Gasteiger partial charge in [0.2, 0.25) is 0 Å². The summed E-state index contributed by atoms with van der Waals surface area (Å²) in [5, 5.41) is 7.27. The average molecular weight is 213 g/mol. The molecular weight excluding hydrogens is 202 g/mol. The second-order valence-corrected chi connectivity index (χ2v) is 3.83. The number of rotatable bonds is 2. The quantitative estimate of drug-likeness (QED) is 0.775. The lowest BCUT2D eigenvalue weighted by Gasteiger charge is -2.13. The van der Waals surface area contributed by atoms with Crippen LogP contribution < -0.4 is 5.01 Å². The third kappa shape index (κ3) is 1.39. The van der Waals surface area contributed by atoms with Crippen LogP contribution in [0.15, 0.2) is 35.6 Å². The normalized spacial score (nSPS) is 15.5. The summed E-state index contributed by atoms with van der Waals surface area (Å²) < 4.78 is 0. The second kappa shape index (κ2) is 3.48. The summed E-state index contributed by atoms with van der Waals surface area (Å²) in [6.45, 7) is 0.782. The van der Waals surface area contributed by atoms with E-state index in [9.17, 15) is 4.79 Å². The van der Waals surface area contributed by atoms with Gasteiger partial charge in [-0.2, -0.15) is 5.10 Å². The molecule has 0 fully saturated rings. The second-order valence-electron chi connectivity index (χ2n) is 3.83. The molecule has 0 saturated heterocycles. The molecule has 1 aromatic heterocycles. The van der Waals surface area contributed by atoms with Crippen molar-refractivity contribution in [2.75, 3.05) is 11.6 Å². The Kier molecular flexibility index (Phi) is 1.99. The molecule has 0 radical (unpaired) electrons. The van der Waals surface area contributed by atoms with Crippen molar-refractivity contribution in [3.63, 3.8) is 0 Å². The predicted molar refractivity (Wildman–Crippen MR) is 63.8 cm³/mol. The third-order valence-electron chi connectivity index (χ3n) is 2.80. The number of nitrogens with zero attached hydrogens (tertiary/aromatic N) is 2. The summed E-state index contributed by atoms with van der Waals surface area (Å²) >= 11 is 0. The van der Waals surface area contributed by atoms with Gasteiger partial charge in [-0.15, -0.1) is 0 Å². The Morgan fingerprint density at radius 1 is 1.38 bits per heavy atom. The first-order chi connectivity index (χ1) is 7.86. The van der Waals surface area contributed by atoms with E-state index in [-0.39, 0.29) is 0 Å². The number of hydrogen-bond donors (Lipinski definition) is 1. The summed E-state index contributed by atoms with van der Waals surface area (Å²) in [4.78, 5) is 13.7. The molecule has 80 valence electrons. The maximum atomic E-state index is 10.6. The van der Waals surface area contributed by atoms with Crippen molar-refractivity contribution in [3.05, 3.63) is 30.5 Å². The molecular formula is C12H11N3O. The van der Waals surface area contributed by atoms with Crippen molar-refractivity contribution in [2.24, 2.45) is 5.10 Å². The zero-order valence-corrected chi connectivity index (χ0v) is 8.68. The average Bonchev–Trinajstić information content (AvgIpc) is 2.96. The van der Waals surface area contributed by atoms with Crippen LogP contribution >= 0.6 is 0 Å². The zero-order chi connectivity index (χ0) is 11.0. The summed E-state index contributed by atoms with van der Waals surface area (Å²) in [7, 11) is 0. The van der Waals surface area contributed by atoms with Crippen LogP contribution in [0.5, 0.6) is 0 Å². The van der Waals surface area contributed by atoms with Crippen molar-refractivity contribution in [3.8, 4) is 0 Å². The van der Waals surface area contributed by atoms with Crippen molar-refractivity contribution in [1.29, 1.82) is 0 Å². The van der Waals surface area contributed by atoms with Crippen LogP contribution in [0.3, 0.4) is 0 Å². The first kappa shape index (κ1) is 9.15. The van der Waals surface area contributed by atoms with Crippen molar-refractivity contribution in [1.82, 2.24) is 4.98 Å². The van der Waals surface area contributed by atoms with Crippen LogP contribution in [0.1, 0.15) is 6.42 Å². The van der Waals surface area contributed by atoms with E-state index < -0.39 is 0 Å². The number of aromatic amines is 1. The summed E-state index contributed by atoms with van der Waals surface area (Å²) in [5.41, 5.74) is 2.76. The molecule has 0 aliphatic carbocycles. The number of H-pyrrole nitrogens is 1. The number of carbonyl (C=O) groups is 1. The summed E-state index contributed by atoms with van der Waals surface area (Å²) in [6, 6.07) is 8.14. The lowest BCUT2D eigenvalue weighted by molar-refractivity contribution is -0.102. The molecule has 4 heteroatoms. The molecule has 1 aliphatic rings. The van der Waals surface area contributed by atoms with Crippen LogP contribution in [-0.2, 0) is 4.79 Å². The zero-order valence-electron chi connectivity index (χ0n) is 8.68. The number of fused-ring (bicyclic) bond motifs is 1. The number of aldehydes is 1. The highest BCUT2D eigenvalue weighted by molar-refractivity contribution is 6.29. The number of benzene rings is 1. The van der Waals surface area contributed by atoms with Gasteiger partial charge >= 0.3 is 0 Å². The Labute approximate surface area is 92.6 Å². The summed E-state index contributed by atoms with van der Waals surface area (Å²) in [6.07, 6.45) is 3.47. The molecule has 0 atom stereocenters. The lowest BCUT2D eigenvalue weighted by atomic mass is 10.2. The van der Waals surface area contributed by atoms with E-state index in [1.165, 1.54) is 0 Å². The van der Waals surface area contributed by atoms with E-state index in [4.69, 9.17) is 0 Å². The number of hydrogen-bond acceptors (Lipinski definition) is 3. The Hall–Kier alpha value is -2.10. The van der Waals surface area contributed by atoms with Gasteiger partial charge in [-0.05, 0) is 24.3 Å².